The molecule has 0 aromatic carbocycles. The molecular weight excluding hydrogens is 282 g/mol. The molecule has 0 unspecified atom stereocenters. The minimum atomic E-state index is -0.527. The van der Waals surface area contributed by atoms with Crippen LogP contribution in [-0.2, 0) is 4.74 Å². The monoisotopic (exact) mass is 301 g/mol. The van der Waals surface area contributed by atoms with Gasteiger partial charge in [0.2, 0.25) is 5.95 Å². The van der Waals surface area contributed by atoms with Crippen molar-refractivity contribution < 1.29 is 9.84 Å². The van der Waals surface area contributed by atoms with Crippen LogP contribution in [0.4, 0.5) is 11.8 Å². The predicted octanol–water partition coefficient (Wildman–Crippen LogP) is 0.323. The summed E-state index contributed by atoms with van der Waals surface area (Å²) in [6, 6.07) is 0.191. The Morgan fingerprint density at radius 2 is 2.45 bits per heavy atom. The van der Waals surface area contributed by atoms with Gasteiger partial charge in [0, 0.05) is 19.6 Å². The van der Waals surface area contributed by atoms with Crippen molar-refractivity contribution >= 4 is 23.4 Å². The van der Waals surface area contributed by atoms with Gasteiger partial charge >= 0.3 is 0 Å². The molecule has 4 N–H and O–H groups in total. The summed E-state index contributed by atoms with van der Waals surface area (Å²) < 4.78 is 5.50. The first kappa shape index (κ1) is 15.2. The van der Waals surface area contributed by atoms with Crippen molar-refractivity contribution in [2.45, 2.75) is 18.5 Å². The predicted molar refractivity (Wildman–Crippen MR) is 78.3 cm³/mol. The van der Waals surface area contributed by atoms with Crippen LogP contribution >= 0.6 is 11.6 Å². The quantitative estimate of drug-likeness (QED) is 0.623. The maximum Gasteiger partial charge on any atom is 0.224 e. The summed E-state index contributed by atoms with van der Waals surface area (Å²) >= 11 is 5.93. The molecule has 1 fully saturated rings. The molecule has 0 bridgehead atoms. The maximum atomic E-state index is 9.63. The van der Waals surface area contributed by atoms with Crippen LogP contribution in [-0.4, -0.2) is 60.1 Å². The van der Waals surface area contributed by atoms with Gasteiger partial charge in [-0.05, 0) is 6.92 Å². The van der Waals surface area contributed by atoms with E-state index < -0.39 is 5.54 Å². The molecule has 1 aromatic heterocycles. The van der Waals surface area contributed by atoms with Crippen molar-refractivity contribution in [1.82, 2.24) is 15.3 Å². The van der Waals surface area contributed by atoms with Gasteiger partial charge in [0.05, 0.1) is 31.6 Å². The first-order chi connectivity index (χ1) is 9.58. The van der Waals surface area contributed by atoms with E-state index in [2.05, 4.69) is 25.9 Å². The standard InChI is InChI=1S/C12H20ClN5O2/c1-8-4-20-7-12(6-19,18-8)5-16-11-15-3-9(13)10(14-2)17-11/h3,8,18-19H,4-7H2,1-2H3,(H2,14,15,16,17)/t8-,12+/m1/s1. The van der Waals surface area contributed by atoms with Gasteiger partial charge in [0.25, 0.3) is 0 Å². The average molecular weight is 302 g/mol. The SMILES string of the molecule is CNc1nc(NC[C@]2(CO)COC[C@@H](C)N2)ncc1Cl. The van der Waals surface area contributed by atoms with Gasteiger partial charge in [0.15, 0.2) is 0 Å². The normalized spacial score (nSPS) is 26.3. The van der Waals surface area contributed by atoms with Gasteiger partial charge in [-0.25, -0.2) is 4.98 Å². The van der Waals surface area contributed by atoms with Crippen molar-refractivity contribution in [1.29, 1.82) is 0 Å². The molecule has 0 saturated carbocycles. The number of nitrogens with zero attached hydrogens (tertiary/aromatic N) is 2. The van der Waals surface area contributed by atoms with Gasteiger partial charge in [-0.15, -0.1) is 0 Å². The molecule has 1 aromatic rings. The van der Waals surface area contributed by atoms with E-state index >= 15 is 0 Å². The van der Waals surface area contributed by atoms with Crippen LogP contribution in [0, 0.1) is 0 Å². The second-order valence-electron chi connectivity index (χ2n) is 4.99. The van der Waals surface area contributed by atoms with E-state index in [1.807, 2.05) is 6.92 Å². The molecule has 0 aliphatic carbocycles. The molecular formula is C12H20ClN5O2. The molecule has 2 heterocycles. The Balaban J connectivity index is 2.03. The molecule has 7 nitrogen and oxygen atoms in total. The highest BCUT2D eigenvalue weighted by Gasteiger charge is 2.34. The van der Waals surface area contributed by atoms with Crippen molar-refractivity contribution in [3.05, 3.63) is 11.2 Å². The first-order valence-electron chi connectivity index (χ1n) is 6.49. The van der Waals surface area contributed by atoms with Crippen LogP contribution < -0.4 is 16.0 Å². The molecule has 2 rings (SSSR count). The molecule has 0 amide bonds. The summed E-state index contributed by atoms with van der Waals surface area (Å²) in [4.78, 5) is 8.36. The minimum absolute atomic E-state index is 0.0309. The number of nitrogens with one attached hydrogen (secondary N) is 3. The number of hydrogen-bond acceptors (Lipinski definition) is 7. The van der Waals surface area contributed by atoms with Crippen molar-refractivity contribution in [3.63, 3.8) is 0 Å². The van der Waals surface area contributed by atoms with Crippen LogP contribution in [0.15, 0.2) is 6.20 Å². The third-order valence-electron chi connectivity index (χ3n) is 3.17. The third-order valence-corrected chi connectivity index (χ3v) is 3.44. The number of aromatic nitrogens is 2. The van der Waals surface area contributed by atoms with Crippen LogP contribution in [0.1, 0.15) is 6.92 Å². The van der Waals surface area contributed by atoms with Gasteiger partial charge in [-0.1, -0.05) is 11.6 Å². The van der Waals surface area contributed by atoms with Crippen molar-refractivity contribution in [2.75, 3.05) is 44.0 Å². The lowest BCUT2D eigenvalue weighted by Gasteiger charge is -2.39. The molecule has 2 atom stereocenters. The van der Waals surface area contributed by atoms with Crippen molar-refractivity contribution in [3.8, 4) is 0 Å². The Morgan fingerprint density at radius 1 is 1.65 bits per heavy atom. The molecule has 0 radical (unpaired) electrons. The highest BCUT2D eigenvalue weighted by molar-refractivity contribution is 6.32. The molecule has 1 saturated heterocycles. The number of anilines is 2. The zero-order chi connectivity index (χ0) is 14.6. The van der Waals surface area contributed by atoms with Gasteiger partial charge < -0.3 is 25.8 Å². The first-order valence-corrected chi connectivity index (χ1v) is 6.87. The van der Waals surface area contributed by atoms with E-state index in [9.17, 15) is 5.11 Å². The smallest absolute Gasteiger partial charge is 0.224 e. The van der Waals surface area contributed by atoms with E-state index in [0.717, 1.165) is 0 Å². The van der Waals surface area contributed by atoms with Gasteiger partial charge in [0.1, 0.15) is 10.8 Å². The lowest BCUT2D eigenvalue weighted by atomic mass is 9.99. The molecule has 112 valence electrons. The number of morpholine rings is 1. The number of aliphatic hydroxyl groups is 1. The fraction of sp³-hybridized carbons (Fsp3) is 0.667. The van der Waals surface area contributed by atoms with Crippen LogP contribution in [0.25, 0.3) is 0 Å². The summed E-state index contributed by atoms with van der Waals surface area (Å²) in [7, 11) is 1.74. The van der Waals surface area contributed by atoms with Crippen molar-refractivity contribution in [2.24, 2.45) is 0 Å². The largest absolute Gasteiger partial charge is 0.394 e. The summed E-state index contributed by atoms with van der Waals surface area (Å²) in [6.07, 6.45) is 1.53. The number of aliphatic hydroxyl groups excluding tert-OH is 1. The minimum Gasteiger partial charge on any atom is -0.394 e. The van der Waals surface area contributed by atoms with Crippen LogP contribution in [0.5, 0.6) is 0 Å². The number of halogens is 1. The van der Waals surface area contributed by atoms with E-state index in [1.165, 1.54) is 6.20 Å². The summed E-state index contributed by atoms with van der Waals surface area (Å²) in [6.45, 7) is 3.52. The molecule has 0 spiro atoms. The Morgan fingerprint density at radius 3 is 3.10 bits per heavy atom. The molecule has 1 aliphatic heterocycles. The Labute approximate surface area is 123 Å². The molecule has 8 heteroatoms. The van der Waals surface area contributed by atoms with E-state index in [4.69, 9.17) is 16.3 Å². The fourth-order valence-corrected chi connectivity index (χ4v) is 2.35. The lowest BCUT2D eigenvalue weighted by Crippen LogP contribution is -2.63. The Hall–Kier alpha value is -1.15. The zero-order valence-electron chi connectivity index (χ0n) is 11.6. The molecule has 20 heavy (non-hydrogen) atoms. The van der Waals surface area contributed by atoms with E-state index in [1.54, 1.807) is 7.05 Å². The van der Waals surface area contributed by atoms with Crippen LogP contribution in [0.3, 0.4) is 0 Å². The number of rotatable bonds is 5. The summed E-state index contributed by atoms with van der Waals surface area (Å²) in [5.41, 5.74) is -0.527. The summed E-state index contributed by atoms with van der Waals surface area (Å²) in [5, 5.41) is 19.4. The number of ether oxygens (including phenoxy) is 1. The maximum absolute atomic E-state index is 9.63. The zero-order valence-corrected chi connectivity index (χ0v) is 12.4. The average Bonchev–Trinajstić information content (AvgIpc) is 2.46. The van der Waals surface area contributed by atoms with E-state index in [0.29, 0.717) is 36.5 Å². The fourth-order valence-electron chi connectivity index (χ4n) is 2.16. The topological polar surface area (TPSA) is 91.3 Å². The van der Waals surface area contributed by atoms with E-state index in [-0.39, 0.29) is 12.6 Å². The van der Waals surface area contributed by atoms with Gasteiger partial charge in [-0.2, -0.15) is 4.98 Å². The summed E-state index contributed by atoms with van der Waals surface area (Å²) in [5.74, 6) is 1.01. The third kappa shape index (κ3) is 3.49. The second kappa shape index (κ2) is 6.53. The lowest BCUT2D eigenvalue weighted by molar-refractivity contribution is -0.0158. The van der Waals surface area contributed by atoms with Crippen LogP contribution in [0.2, 0.25) is 5.02 Å². The molecule has 1 aliphatic rings. The van der Waals surface area contributed by atoms with Gasteiger partial charge in [-0.3, -0.25) is 0 Å². The Bertz CT molecular complexity index is 461. The Kier molecular flexibility index (Phi) is 4.98. The highest BCUT2D eigenvalue weighted by atomic mass is 35.5. The second-order valence-corrected chi connectivity index (χ2v) is 5.40. The highest BCUT2D eigenvalue weighted by Crippen LogP contribution is 2.19. The number of hydrogen-bond donors (Lipinski definition) is 4.